The van der Waals surface area contributed by atoms with E-state index in [1.54, 1.807) is 18.3 Å². The van der Waals surface area contributed by atoms with Crippen molar-refractivity contribution in [1.29, 1.82) is 0 Å². The Morgan fingerprint density at radius 1 is 1.14 bits per heavy atom. The number of hydrogen-bond donors (Lipinski definition) is 3. The minimum absolute atomic E-state index is 0.150. The number of pyridine rings is 1. The van der Waals surface area contributed by atoms with Crippen molar-refractivity contribution < 1.29 is 14.4 Å². The van der Waals surface area contributed by atoms with E-state index in [2.05, 4.69) is 44.4 Å². The molecule has 3 N–H and O–H groups in total. The molecule has 4 rings (SSSR count). The Hall–Kier alpha value is -3.31. The lowest BCUT2D eigenvalue weighted by Crippen LogP contribution is -2.56. The first-order valence-corrected chi connectivity index (χ1v) is 13.3. The first-order chi connectivity index (χ1) is 17.6. The van der Waals surface area contributed by atoms with Crippen LogP contribution in [0.25, 0.3) is 0 Å². The number of allylic oxidation sites excluding steroid dienone is 1. The Morgan fingerprint density at radius 3 is 2.62 bits per heavy atom. The van der Waals surface area contributed by atoms with Gasteiger partial charge >= 0.3 is 11.8 Å². The van der Waals surface area contributed by atoms with Gasteiger partial charge in [0.2, 0.25) is 0 Å². The van der Waals surface area contributed by atoms with Gasteiger partial charge in [0.1, 0.15) is 5.82 Å². The molecule has 0 spiro atoms. The second kappa shape index (κ2) is 11.4. The van der Waals surface area contributed by atoms with E-state index in [4.69, 9.17) is 0 Å². The van der Waals surface area contributed by atoms with Crippen LogP contribution in [-0.2, 0) is 22.6 Å². The van der Waals surface area contributed by atoms with Gasteiger partial charge in [0, 0.05) is 62.3 Å². The van der Waals surface area contributed by atoms with Crippen molar-refractivity contribution in [1.82, 2.24) is 30.4 Å². The van der Waals surface area contributed by atoms with Crippen LogP contribution in [0.1, 0.15) is 45.2 Å². The number of carbonyl (C=O) groups excluding carboxylic acids is 3. The minimum atomic E-state index is -0.794. The standard InChI is InChI=1S/C26H35N7O3S/c1-15-6-9-22(27-13-15)31-24(35)23(34)28-18-8-7-17(16(2)32(3)4)12-20(18)29-25(36)26-30-19-10-11-33(5)14-21(19)37-26/h6,9,13,17-18,20H,2,7-8,10-12,14H2,1,3-5H3,(H,28,34)(H,29,36)(H,27,31,35). The molecule has 198 valence electrons. The number of thiazole rings is 1. The zero-order valence-corrected chi connectivity index (χ0v) is 22.7. The Morgan fingerprint density at radius 2 is 1.92 bits per heavy atom. The predicted octanol–water partition coefficient (Wildman–Crippen LogP) is 1.93. The van der Waals surface area contributed by atoms with E-state index in [1.807, 2.05) is 25.9 Å². The molecule has 0 radical (unpaired) electrons. The largest absolute Gasteiger partial charge is 0.381 e. The van der Waals surface area contributed by atoms with Crippen LogP contribution in [-0.4, -0.2) is 77.3 Å². The Bertz CT molecular complexity index is 1180. The van der Waals surface area contributed by atoms with Crippen LogP contribution in [0.4, 0.5) is 5.82 Å². The summed E-state index contributed by atoms with van der Waals surface area (Å²) in [5, 5.41) is 8.91. The summed E-state index contributed by atoms with van der Waals surface area (Å²) in [7, 11) is 5.95. The highest BCUT2D eigenvalue weighted by atomic mass is 32.1. The normalized spacial score (nSPS) is 21.5. The second-order valence-electron chi connectivity index (χ2n) is 10.1. The van der Waals surface area contributed by atoms with Gasteiger partial charge in [-0.05, 0) is 44.9 Å². The summed E-state index contributed by atoms with van der Waals surface area (Å²) in [4.78, 5) is 52.6. The summed E-state index contributed by atoms with van der Waals surface area (Å²) in [6.07, 6.45) is 4.43. The summed E-state index contributed by atoms with van der Waals surface area (Å²) >= 11 is 1.42. The van der Waals surface area contributed by atoms with Crippen LogP contribution in [0.15, 0.2) is 30.6 Å². The third-order valence-corrected chi connectivity index (χ3v) is 8.09. The van der Waals surface area contributed by atoms with Gasteiger partial charge in [-0.2, -0.15) is 0 Å². The Kier molecular flexibility index (Phi) is 8.23. The predicted molar refractivity (Wildman–Crippen MR) is 143 cm³/mol. The lowest BCUT2D eigenvalue weighted by atomic mass is 9.80. The highest BCUT2D eigenvalue weighted by Crippen LogP contribution is 2.31. The number of rotatable bonds is 6. The number of nitrogens with zero attached hydrogens (tertiary/aromatic N) is 4. The maximum Gasteiger partial charge on any atom is 0.314 e. The van der Waals surface area contributed by atoms with E-state index >= 15 is 0 Å². The molecule has 1 aliphatic heterocycles. The molecule has 2 aromatic rings. The topological polar surface area (TPSA) is 120 Å². The van der Waals surface area contributed by atoms with Crippen LogP contribution in [0.5, 0.6) is 0 Å². The molecule has 3 atom stereocenters. The van der Waals surface area contributed by atoms with Crippen LogP contribution >= 0.6 is 11.3 Å². The van der Waals surface area contributed by atoms with Crippen LogP contribution in [0, 0.1) is 12.8 Å². The number of amides is 3. The SMILES string of the molecule is C=C(C1CCC(NC(=O)C(=O)Nc2ccc(C)cn2)C(NC(=O)c2nc3c(s2)CN(C)CC3)C1)N(C)C. The van der Waals surface area contributed by atoms with Crippen molar-refractivity contribution in [3.8, 4) is 0 Å². The summed E-state index contributed by atoms with van der Waals surface area (Å²) in [6.45, 7) is 7.81. The van der Waals surface area contributed by atoms with Crippen molar-refractivity contribution in [2.45, 2.75) is 51.2 Å². The molecule has 2 aliphatic rings. The molecule has 3 heterocycles. The zero-order valence-electron chi connectivity index (χ0n) is 21.8. The van der Waals surface area contributed by atoms with Gasteiger partial charge in [0.15, 0.2) is 5.01 Å². The molecule has 11 heteroatoms. The molecular formula is C26H35N7O3S. The fraction of sp³-hybridized carbons (Fsp3) is 0.500. The molecule has 0 aromatic carbocycles. The fourth-order valence-electron chi connectivity index (χ4n) is 4.77. The lowest BCUT2D eigenvalue weighted by Gasteiger charge is -2.38. The molecule has 0 bridgehead atoms. The maximum atomic E-state index is 13.2. The highest BCUT2D eigenvalue weighted by molar-refractivity contribution is 7.13. The molecule has 1 saturated carbocycles. The third-order valence-electron chi connectivity index (χ3n) is 7.00. The van der Waals surface area contributed by atoms with Gasteiger partial charge in [-0.15, -0.1) is 11.3 Å². The van der Waals surface area contributed by atoms with Gasteiger partial charge < -0.3 is 25.8 Å². The first-order valence-electron chi connectivity index (χ1n) is 12.5. The number of likely N-dealkylation sites (N-methyl/N-ethyl adjacent to an activating group) is 1. The van der Waals surface area contributed by atoms with E-state index in [1.165, 1.54) is 11.3 Å². The third kappa shape index (κ3) is 6.53. The van der Waals surface area contributed by atoms with Gasteiger partial charge in [-0.25, -0.2) is 9.97 Å². The number of carbonyl (C=O) groups is 3. The van der Waals surface area contributed by atoms with E-state index < -0.39 is 17.9 Å². The summed E-state index contributed by atoms with van der Waals surface area (Å²) in [5.74, 6) is -1.35. The highest BCUT2D eigenvalue weighted by Gasteiger charge is 2.36. The lowest BCUT2D eigenvalue weighted by molar-refractivity contribution is -0.136. The maximum absolute atomic E-state index is 13.2. The van der Waals surface area contributed by atoms with Crippen molar-refractivity contribution in [3.05, 3.63) is 51.7 Å². The van der Waals surface area contributed by atoms with E-state index in [0.717, 1.165) is 47.8 Å². The summed E-state index contributed by atoms with van der Waals surface area (Å²) in [5.41, 5.74) is 2.91. The molecule has 3 amide bonds. The smallest absolute Gasteiger partial charge is 0.314 e. The minimum Gasteiger partial charge on any atom is -0.381 e. The van der Waals surface area contributed by atoms with Gasteiger partial charge in [0.05, 0.1) is 11.7 Å². The average molecular weight is 526 g/mol. The monoisotopic (exact) mass is 525 g/mol. The molecular weight excluding hydrogens is 490 g/mol. The van der Waals surface area contributed by atoms with Gasteiger partial charge in [-0.1, -0.05) is 12.6 Å². The van der Waals surface area contributed by atoms with E-state index in [9.17, 15) is 14.4 Å². The number of hydrogen-bond acceptors (Lipinski definition) is 8. The van der Waals surface area contributed by atoms with Crippen molar-refractivity contribution >= 4 is 34.9 Å². The number of aromatic nitrogens is 2. The molecule has 0 saturated heterocycles. The van der Waals surface area contributed by atoms with Crippen LogP contribution in [0.3, 0.4) is 0 Å². The van der Waals surface area contributed by atoms with Crippen molar-refractivity contribution in [2.24, 2.45) is 5.92 Å². The average Bonchev–Trinajstić information content (AvgIpc) is 3.29. The summed E-state index contributed by atoms with van der Waals surface area (Å²) < 4.78 is 0. The van der Waals surface area contributed by atoms with Crippen molar-refractivity contribution in [3.63, 3.8) is 0 Å². The first kappa shape index (κ1) is 26.7. The Balaban J connectivity index is 1.45. The van der Waals surface area contributed by atoms with E-state index in [-0.39, 0.29) is 17.9 Å². The van der Waals surface area contributed by atoms with Gasteiger partial charge in [0.25, 0.3) is 5.91 Å². The molecule has 3 unspecified atom stereocenters. The summed E-state index contributed by atoms with van der Waals surface area (Å²) in [6, 6.07) is 2.67. The molecule has 10 nitrogen and oxygen atoms in total. The number of nitrogens with one attached hydrogen (secondary N) is 3. The quantitative estimate of drug-likeness (QED) is 0.493. The van der Waals surface area contributed by atoms with Crippen LogP contribution in [0.2, 0.25) is 0 Å². The zero-order chi connectivity index (χ0) is 26.7. The molecule has 2 aromatic heterocycles. The number of aryl methyl sites for hydroxylation is 1. The van der Waals surface area contributed by atoms with Crippen LogP contribution < -0.4 is 16.0 Å². The molecule has 1 fully saturated rings. The number of anilines is 1. The number of fused-ring (bicyclic) bond motifs is 1. The van der Waals surface area contributed by atoms with Crippen molar-refractivity contribution in [2.75, 3.05) is 33.0 Å². The second-order valence-corrected chi connectivity index (χ2v) is 11.2. The Labute approximate surface area is 221 Å². The van der Waals surface area contributed by atoms with E-state index in [0.29, 0.717) is 23.7 Å². The fourth-order valence-corrected chi connectivity index (χ4v) is 5.86. The molecule has 37 heavy (non-hydrogen) atoms. The molecule has 1 aliphatic carbocycles. The van der Waals surface area contributed by atoms with Gasteiger partial charge in [-0.3, -0.25) is 14.4 Å².